The van der Waals surface area contributed by atoms with Crippen molar-refractivity contribution in [3.8, 4) is 0 Å². The molecule has 0 radical (unpaired) electrons. The maximum absolute atomic E-state index is 9.48. The molecule has 14 heavy (non-hydrogen) atoms. The Balaban J connectivity index is 2.59. The fraction of sp³-hybridized carbons (Fsp3) is 0.833. The van der Waals surface area contributed by atoms with Gasteiger partial charge in [-0.25, -0.2) is 0 Å². The summed E-state index contributed by atoms with van der Waals surface area (Å²) in [5.41, 5.74) is 1.67. The van der Waals surface area contributed by atoms with E-state index >= 15 is 0 Å². The van der Waals surface area contributed by atoms with Crippen molar-refractivity contribution in [3.05, 3.63) is 11.6 Å². The molecule has 1 aliphatic heterocycles. The fourth-order valence-corrected chi connectivity index (χ4v) is 1.68. The Bertz CT molecular complexity index is 218. The van der Waals surface area contributed by atoms with Gasteiger partial charge < -0.3 is 10.4 Å². The highest BCUT2D eigenvalue weighted by atomic mass is 16.3. The monoisotopic (exact) mass is 197 g/mol. The molecule has 2 N–H and O–H groups in total. The van der Waals surface area contributed by atoms with Gasteiger partial charge in [0.05, 0.1) is 6.10 Å². The summed E-state index contributed by atoms with van der Waals surface area (Å²) >= 11 is 0. The van der Waals surface area contributed by atoms with E-state index in [0.717, 1.165) is 13.0 Å². The molecule has 0 aromatic rings. The minimum atomic E-state index is -0.290. The molecule has 0 fully saturated rings. The third-order valence-electron chi connectivity index (χ3n) is 3.38. The van der Waals surface area contributed by atoms with Crippen LogP contribution >= 0.6 is 0 Å². The Morgan fingerprint density at radius 1 is 1.57 bits per heavy atom. The van der Waals surface area contributed by atoms with E-state index in [1.165, 1.54) is 5.57 Å². The summed E-state index contributed by atoms with van der Waals surface area (Å²) in [7, 11) is 0. The lowest BCUT2D eigenvalue weighted by Crippen LogP contribution is -2.34. The summed E-state index contributed by atoms with van der Waals surface area (Å²) in [5, 5.41) is 12.7. The van der Waals surface area contributed by atoms with Crippen LogP contribution in [0.25, 0.3) is 0 Å². The molecule has 1 aliphatic rings. The van der Waals surface area contributed by atoms with Crippen LogP contribution in [0.4, 0.5) is 0 Å². The van der Waals surface area contributed by atoms with Gasteiger partial charge in [0.15, 0.2) is 0 Å². The van der Waals surface area contributed by atoms with Gasteiger partial charge in [-0.3, -0.25) is 0 Å². The van der Waals surface area contributed by atoms with E-state index < -0.39 is 0 Å². The number of β-amino-alcohol motifs (C(OH)–C–C–N with tert-alkyl or cyclic N) is 1. The van der Waals surface area contributed by atoms with Crippen LogP contribution < -0.4 is 5.32 Å². The van der Waals surface area contributed by atoms with Crippen LogP contribution in [0.3, 0.4) is 0 Å². The molecule has 0 saturated heterocycles. The molecule has 0 aromatic carbocycles. The number of hydrogen-bond donors (Lipinski definition) is 2. The second-order valence-corrected chi connectivity index (χ2v) is 5.34. The molecule has 1 unspecified atom stereocenters. The highest BCUT2D eigenvalue weighted by Crippen LogP contribution is 2.33. The zero-order valence-electron chi connectivity index (χ0n) is 9.80. The quantitative estimate of drug-likeness (QED) is 0.678. The topological polar surface area (TPSA) is 32.3 Å². The normalized spacial score (nSPS) is 23.9. The van der Waals surface area contributed by atoms with Crippen LogP contribution in [0, 0.1) is 11.3 Å². The van der Waals surface area contributed by atoms with Gasteiger partial charge in [-0.2, -0.15) is 0 Å². The van der Waals surface area contributed by atoms with Crippen molar-refractivity contribution in [3.63, 3.8) is 0 Å². The van der Waals surface area contributed by atoms with Gasteiger partial charge in [0.2, 0.25) is 0 Å². The summed E-state index contributed by atoms with van der Waals surface area (Å²) in [4.78, 5) is 0. The van der Waals surface area contributed by atoms with Crippen molar-refractivity contribution < 1.29 is 5.11 Å². The second-order valence-electron chi connectivity index (χ2n) is 5.34. The minimum Gasteiger partial charge on any atom is -0.388 e. The molecule has 0 aromatic heterocycles. The molecular weight excluding hydrogens is 174 g/mol. The molecule has 1 rings (SSSR count). The lowest BCUT2D eigenvalue weighted by Gasteiger charge is -2.32. The lowest BCUT2D eigenvalue weighted by molar-refractivity contribution is 0.203. The van der Waals surface area contributed by atoms with E-state index in [9.17, 15) is 5.11 Å². The summed E-state index contributed by atoms with van der Waals surface area (Å²) in [5.74, 6) is 0.669. The Kier molecular flexibility index (Phi) is 3.73. The number of aliphatic hydroxyl groups is 1. The molecular formula is C12H23NO. The summed E-state index contributed by atoms with van der Waals surface area (Å²) < 4.78 is 0. The molecule has 0 saturated carbocycles. The first-order valence-electron chi connectivity index (χ1n) is 5.50. The van der Waals surface area contributed by atoms with E-state index in [0.29, 0.717) is 17.9 Å². The first-order valence-corrected chi connectivity index (χ1v) is 5.50. The van der Waals surface area contributed by atoms with Crippen LogP contribution in [0.15, 0.2) is 11.6 Å². The lowest BCUT2D eigenvalue weighted by atomic mass is 9.75. The van der Waals surface area contributed by atoms with Crippen molar-refractivity contribution >= 4 is 0 Å². The number of rotatable bonds is 3. The average molecular weight is 197 g/mol. The predicted octanol–water partition coefficient (Wildman–Crippen LogP) is 1.95. The van der Waals surface area contributed by atoms with Crippen LogP contribution in [-0.4, -0.2) is 24.3 Å². The molecule has 0 bridgehead atoms. The Hall–Kier alpha value is -0.340. The zero-order chi connectivity index (χ0) is 10.8. The van der Waals surface area contributed by atoms with Crippen LogP contribution in [0.5, 0.6) is 0 Å². The Morgan fingerprint density at radius 3 is 2.71 bits per heavy atom. The number of aliphatic hydroxyl groups excluding tert-OH is 1. The zero-order valence-corrected chi connectivity index (χ0v) is 9.80. The fourth-order valence-electron chi connectivity index (χ4n) is 1.68. The van der Waals surface area contributed by atoms with Crippen LogP contribution in [0.1, 0.15) is 34.1 Å². The average Bonchev–Trinajstić information content (AvgIpc) is 2.02. The van der Waals surface area contributed by atoms with Crippen molar-refractivity contribution in [2.24, 2.45) is 11.3 Å². The van der Waals surface area contributed by atoms with E-state index in [2.05, 4.69) is 33.0 Å². The highest BCUT2D eigenvalue weighted by molar-refractivity contribution is 5.13. The van der Waals surface area contributed by atoms with Crippen LogP contribution in [-0.2, 0) is 0 Å². The standard InChI is InChI=1S/C12H23NO/c1-9(2)12(3,4)6-10-5-11(14)8-13-7-10/h5,9,11,13-14H,6-8H2,1-4H3. The maximum atomic E-state index is 9.48. The first-order chi connectivity index (χ1) is 6.42. The highest BCUT2D eigenvalue weighted by Gasteiger charge is 2.24. The third-order valence-corrected chi connectivity index (χ3v) is 3.38. The van der Waals surface area contributed by atoms with Crippen molar-refractivity contribution in [2.45, 2.75) is 40.2 Å². The van der Waals surface area contributed by atoms with Crippen molar-refractivity contribution in [1.82, 2.24) is 5.32 Å². The molecule has 0 spiro atoms. The summed E-state index contributed by atoms with van der Waals surface area (Å²) in [6.45, 7) is 10.7. The van der Waals surface area contributed by atoms with Gasteiger partial charge in [-0.05, 0) is 17.8 Å². The predicted molar refractivity (Wildman–Crippen MR) is 60.2 cm³/mol. The summed E-state index contributed by atoms with van der Waals surface area (Å²) in [6.07, 6.45) is 2.80. The van der Waals surface area contributed by atoms with Gasteiger partial charge >= 0.3 is 0 Å². The van der Waals surface area contributed by atoms with Gasteiger partial charge in [0.25, 0.3) is 0 Å². The van der Waals surface area contributed by atoms with Crippen molar-refractivity contribution in [1.29, 1.82) is 0 Å². The molecule has 0 aliphatic carbocycles. The van der Waals surface area contributed by atoms with E-state index in [1.54, 1.807) is 0 Å². The van der Waals surface area contributed by atoms with E-state index in [4.69, 9.17) is 0 Å². The van der Waals surface area contributed by atoms with Gasteiger partial charge in [-0.1, -0.05) is 39.3 Å². The van der Waals surface area contributed by atoms with Gasteiger partial charge in [0.1, 0.15) is 0 Å². The molecule has 2 heteroatoms. The van der Waals surface area contributed by atoms with E-state index in [1.807, 2.05) is 6.08 Å². The van der Waals surface area contributed by atoms with Gasteiger partial charge in [-0.15, -0.1) is 0 Å². The number of hydrogen-bond acceptors (Lipinski definition) is 2. The van der Waals surface area contributed by atoms with Crippen LogP contribution in [0.2, 0.25) is 0 Å². The van der Waals surface area contributed by atoms with Crippen molar-refractivity contribution in [2.75, 3.05) is 13.1 Å². The first kappa shape index (κ1) is 11.7. The Labute approximate surface area is 87.4 Å². The SMILES string of the molecule is CC(C)C(C)(C)CC1=CC(O)CNC1. The Morgan fingerprint density at radius 2 is 2.21 bits per heavy atom. The summed E-state index contributed by atoms with van der Waals surface area (Å²) in [6, 6.07) is 0. The number of nitrogens with one attached hydrogen (secondary N) is 1. The molecule has 82 valence electrons. The molecule has 2 nitrogen and oxygen atoms in total. The molecule has 1 atom stereocenters. The third kappa shape index (κ3) is 3.10. The van der Waals surface area contributed by atoms with Gasteiger partial charge in [0, 0.05) is 13.1 Å². The second kappa shape index (κ2) is 4.45. The molecule has 0 amide bonds. The minimum absolute atomic E-state index is 0.290. The van der Waals surface area contributed by atoms with E-state index in [-0.39, 0.29) is 6.10 Å². The molecule has 1 heterocycles. The maximum Gasteiger partial charge on any atom is 0.0848 e. The smallest absolute Gasteiger partial charge is 0.0848 e. The largest absolute Gasteiger partial charge is 0.388 e.